The Bertz CT molecular complexity index is 3780. The van der Waals surface area contributed by atoms with Gasteiger partial charge in [-0.1, -0.05) is 102 Å². The molecule has 488 valence electrons. The number of nitrogens with one attached hydrogen (secondary N) is 1. The fraction of sp³-hybridized carbons (Fsp3) is 0.186. The molecule has 0 spiro atoms. The molecule has 0 saturated heterocycles. The number of ether oxygens (including phenoxy) is 6. The van der Waals surface area contributed by atoms with Crippen LogP contribution in [0.4, 0.5) is 34.6 Å². The molecule has 2 amide bonds. The van der Waals surface area contributed by atoms with Crippen molar-refractivity contribution in [3.05, 3.63) is 249 Å². The molecular formula is C70H74Br3F4N6NaO9. The molecule has 23 heteroatoms. The van der Waals surface area contributed by atoms with E-state index in [9.17, 15) is 31.9 Å². The fourth-order valence-corrected chi connectivity index (χ4v) is 9.84. The second-order valence-corrected chi connectivity index (χ2v) is 21.3. The molecule has 0 fully saturated rings. The van der Waals surface area contributed by atoms with Crippen molar-refractivity contribution >= 4 is 82.4 Å². The third kappa shape index (κ3) is 27.0. The number of benzene rings is 9. The molecule has 0 radical (unpaired) electrons. The van der Waals surface area contributed by atoms with E-state index in [4.69, 9.17) is 35.5 Å². The topological polar surface area (TPSA) is 203 Å². The molecule has 0 atom stereocenters. The Labute approximate surface area is 591 Å². The number of hydrogen-bond acceptors (Lipinski definition) is 13. The number of nitrogens with zero attached hydrogens (tertiary/aromatic N) is 2. The van der Waals surface area contributed by atoms with Crippen molar-refractivity contribution in [2.75, 3.05) is 56.9 Å². The number of hydrogen-bond donors (Lipinski definition) is 4. The normalized spacial score (nSPS) is 10.0. The number of methoxy groups -OCH3 is 3. The monoisotopic (exact) mass is 1480 g/mol. The Kier molecular flexibility index (Phi) is 36.1. The van der Waals surface area contributed by atoms with Crippen LogP contribution in [0.5, 0.6) is 51.7 Å². The number of carbonyl (C=O) groups is 3. The SMILES string of the molecule is CC(=O)Cc1cc(F)ccc1Oc1ccccc1.COc1ccc(Br)c(CBr)c1.COc1ccc(Br)c(CN(C(C)=O)c2cc(F)ccc2Oc2ccccc2)c1.COc1ccc(NCN)c(CN(C(C)=O)c2cc(F)ccc2Oc2ccccc2)c1.NCN.[2H]CF.[H-].[Na+]. The molecule has 93 heavy (non-hydrogen) atoms. The van der Waals surface area contributed by atoms with Crippen molar-refractivity contribution in [1.82, 2.24) is 0 Å². The van der Waals surface area contributed by atoms with Gasteiger partial charge in [-0.15, -0.1) is 0 Å². The molecule has 0 aromatic heterocycles. The Balaban J connectivity index is 0.000000436. The molecule has 9 aromatic carbocycles. The molecule has 0 aliphatic carbocycles. The first-order valence-electron chi connectivity index (χ1n) is 28.6. The number of carbonyl (C=O) groups excluding carboxylic acids is 3. The number of amides is 2. The van der Waals surface area contributed by atoms with Crippen molar-refractivity contribution in [1.29, 1.82) is 0 Å². The molecule has 0 aliphatic rings. The van der Waals surface area contributed by atoms with Gasteiger partial charge < -0.3 is 62.2 Å². The van der Waals surface area contributed by atoms with Crippen molar-refractivity contribution < 1.29 is 92.7 Å². The first-order valence-corrected chi connectivity index (χ1v) is 30.6. The third-order valence-electron chi connectivity index (χ3n) is 12.5. The van der Waals surface area contributed by atoms with Crippen LogP contribution < -0.4 is 90.3 Å². The van der Waals surface area contributed by atoms with Gasteiger partial charge in [-0.05, 0) is 157 Å². The Morgan fingerprint density at radius 2 is 0.849 bits per heavy atom. The summed E-state index contributed by atoms with van der Waals surface area (Å²) in [6.07, 6.45) is 0.167. The van der Waals surface area contributed by atoms with E-state index < -0.39 is 18.8 Å². The second-order valence-electron chi connectivity index (χ2n) is 19.0. The third-order valence-corrected chi connectivity index (χ3v) is 14.6. The molecule has 0 saturated carbocycles. The number of ketones is 1. The van der Waals surface area contributed by atoms with Gasteiger partial charge >= 0.3 is 29.6 Å². The van der Waals surface area contributed by atoms with E-state index in [1.165, 1.54) is 84.7 Å². The summed E-state index contributed by atoms with van der Waals surface area (Å²) in [6, 6.07) is 56.7. The van der Waals surface area contributed by atoms with Crippen LogP contribution in [0.1, 0.15) is 45.8 Å². The fourth-order valence-electron chi connectivity index (χ4n) is 8.24. The molecule has 9 rings (SSSR count). The van der Waals surface area contributed by atoms with E-state index in [2.05, 4.69) is 64.6 Å². The molecule has 0 aliphatic heterocycles. The number of nitrogens with two attached hydrogens (primary N) is 3. The van der Waals surface area contributed by atoms with Crippen LogP contribution in [0.3, 0.4) is 0 Å². The first kappa shape index (κ1) is 77.7. The summed E-state index contributed by atoms with van der Waals surface area (Å²) in [5, 5.41) is 3.91. The van der Waals surface area contributed by atoms with Crippen LogP contribution in [0, 0.1) is 17.5 Å². The van der Waals surface area contributed by atoms with Gasteiger partial charge in [-0.3, -0.25) is 18.8 Å². The molecule has 9 aromatic rings. The second kappa shape index (κ2) is 43.2. The Morgan fingerprint density at radius 1 is 0.495 bits per heavy atom. The predicted molar refractivity (Wildman–Crippen MR) is 368 cm³/mol. The number of para-hydroxylation sites is 3. The maximum absolute atomic E-state index is 14.1. The van der Waals surface area contributed by atoms with Gasteiger partial charge in [0.05, 0.1) is 61.0 Å². The molecule has 0 heterocycles. The van der Waals surface area contributed by atoms with E-state index in [0.717, 1.165) is 36.8 Å². The summed E-state index contributed by atoms with van der Waals surface area (Å²) in [5.74, 6) is 3.49. The first-order chi connectivity index (χ1) is 44.7. The van der Waals surface area contributed by atoms with Gasteiger partial charge in [0.2, 0.25) is 11.8 Å². The van der Waals surface area contributed by atoms with Crippen LogP contribution in [0.2, 0.25) is 0 Å². The predicted octanol–water partition coefficient (Wildman–Crippen LogP) is 14.1. The molecule has 7 N–H and O–H groups in total. The van der Waals surface area contributed by atoms with Crippen LogP contribution in [-0.4, -0.2) is 59.4 Å². The molecular weight excluding hydrogens is 1410 g/mol. The maximum Gasteiger partial charge on any atom is 1.00 e. The van der Waals surface area contributed by atoms with E-state index in [1.54, 1.807) is 69.9 Å². The Morgan fingerprint density at radius 3 is 1.24 bits per heavy atom. The van der Waals surface area contributed by atoms with Crippen molar-refractivity contribution in [2.45, 2.75) is 45.6 Å². The zero-order valence-corrected chi connectivity index (χ0v) is 59.2. The number of Topliss-reactive ketones (excluding diaryl/α,β-unsaturated/α-hetero) is 1. The summed E-state index contributed by atoms with van der Waals surface area (Å²) in [6.45, 7) is 5.20. The minimum Gasteiger partial charge on any atom is -1.00 e. The molecule has 15 nitrogen and oxygen atoms in total. The quantitative estimate of drug-likeness (QED) is 0.0243. The van der Waals surface area contributed by atoms with E-state index in [-0.39, 0.29) is 87.2 Å². The van der Waals surface area contributed by atoms with Gasteiger partial charge in [-0.2, -0.15) is 0 Å². The van der Waals surface area contributed by atoms with Gasteiger partial charge in [-0.25, -0.2) is 13.2 Å². The van der Waals surface area contributed by atoms with Gasteiger partial charge in [0.15, 0.2) is 11.5 Å². The van der Waals surface area contributed by atoms with Crippen molar-refractivity contribution in [3.8, 4) is 51.7 Å². The zero-order valence-electron chi connectivity index (χ0n) is 54.4. The summed E-state index contributed by atoms with van der Waals surface area (Å²) >= 11 is 10.3. The van der Waals surface area contributed by atoms with Crippen LogP contribution in [0.25, 0.3) is 0 Å². The minimum atomic E-state index is -1.00. The van der Waals surface area contributed by atoms with Crippen LogP contribution in [0.15, 0.2) is 209 Å². The van der Waals surface area contributed by atoms with Crippen molar-refractivity contribution in [2.24, 2.45) is 17.2 Å². The van der Waals surface area contributed by atoms with Gasteiger partial charge in [0, 0.05) is 64.6 Å². The summed E-state index contributed by atoms with van der Waals surface area (Å²) in [7, 11) is 3.81. The average molecular weight is 1480 g/mol. The molecule has 0 unspecified atom stereocenters. The van der Waals surface area contributed by atoms with Crippen LogP contribution >= 0.6 is 47.8 Å². The van der Waals surface area contributed by atoms with Gasteiger partial charge in [0.25, 0.3) is 0 Å². The van der Waals surface area contributed by atoms with E-state index in [0.29, 0.717) is 62.9 Å². The summed E-state index contributed by atoms with van der Waals surface area (Å²) < 4.78 is 91.9. The number of anilines is 3. The molecule has 0 bridgehead atoms. The summed E-state index contributed by atoms with van der Waals surface area (Å²) in [4.78, 5) is 39.1. The van der Waals surface area contributed by atoms with E-state index in [1.807, 2.05) is 103 Å². The van der Waals surface area contributed by atoms with Crippen molar-refractivity contribution in [3.63, 3.8) is 0 Å². The largest absolute Gasteiger partial charge is 1.00 e. The Hall–Kier alpha value is -7.77. The standard InChI is InChI=1S/C23H24FN3O3.C22H19BrFNO3.C15H13FO2.C8H8Br2O.CH3F.CH6N2.Na.H/c1-16(28)27(14-17-12-20(29-2)9-10-21(17)26-15-25)22-13-18(24)8-11-23(22)30-19-6-4-3-5-7-19;1-15(26)25(14-16-12-19(27-2)9-10-20(16)23)21-13-17(24)8-11-22(21)28-18-6-4-3-5-7-18;1-11(17)9-12-10-13(16)7-8-15(12)18-14-5-3-2-4-6-14;1-11-7-2-3-8(10)6(4-7)5-9;1-2;2-1-3;;/h3-13,26H,14-15,25H2,1-2H3;3-13H,14H2,1-2H3;2-8,10H,9H2,1H3;2-4H,5H2,1H3;1H3;1-3H2;;/q;;;;;;+1;-1/i;;;;1D;;;. The maximum atomic E-state index is 14.1. The number of rotatable bonds is 20. The number of halogens is 7. The van der Waals surface area contributed by atoms with E-state index >= 15 is 0 Å². The minimum absolute atomic E-state index is 0. The smallest absolute Gasteiger partial charge is 1.00 e. The average Bonchev–Trinajstić information content (AvgIpc) is 0.838. The zero-order chi connectivity index (χ0) is 68.2. The van der Waals surface area contributed by atoms with Crippen LogP contribution in [-0.2, 0) is 39.2 Å². The summed E-state index contributed by atoms with van der Waals surface area (Å²) in [5.41, 5.74) is 19.7. The number of alkyl halides is 2. The van der Waals surface area contributed by atoms with Gasteiger partial charge in [0.1, 0.15) is 63.5 Å².